The Morgan fingerprint density at radius 3 is 2.15 bits per heavy atom. The minimum absolute atomic E-state index is 0.0309. The summed E-state index contributed by atoms with van der Waals surface area (Å²) in [5, 5.41) is 2.40. The largest absolute Gasteiger partial charge is 0.329 e. The Hall–Kier alpha value is -3.39. The van der Waals surface area contributed by atoms with Crippen molar-refractivity contribution >= 4 is 44.0 Å². The normalized spacial score (nSPS) is 21.4. The highest BCUT2D eigenvalue weighted by Gasteiger charge is 2.47. The van der Waals surface area contributed by atoms with E-state index in [2.05, 4.69) is 5.32 Å². The van der Waals surface area contributed by atoms with Crippen LogP contribution in [0.2, 0.25) is 0 Å². The van der Waals surface area contributed by atoms with Crippen LogP contribution in [0, 0.1) is 0 Å². The number of amides is 3. The first-order valence-electron chi connectivity index (χ1n) is 9.24. The summed E-state index contributed by atoms with van der Waals surface area (Å²) in [6, 6.07) is 5.37. The van der Waals surface area contributed by atoms with E-state index in [1.54, 1.807) is 0 Å². The van der Waals surface area contributed by atoms with E-state index >= 15 is 0 Å². The van der Waals surface area contributed by atoms with Gasteiger partial charge in [-0.1, -0.05) is 36.4 Å². The molecule has 11 nitrogen and oxygen atoms in total. The van der Waals surface area contributed by atoms with Crippen LogP contribution in [0.15, 0.2) is 70.0 Å². The standard InChI is InChI=1S/C20H18N2O9S2/c1-13(23)21-20(22-18(24)8-9-19(22)25)11-10-15(17(12-20)33(29,30)31)7-6-14-4-2-3-5-16(14)32(26,27)28/h2-11H,12H2,1H3,(H,21,23)(H,26,27,28)(H,29,30,31). The van der Waals surface area contributed by atoms with Gasteiger partial charge >= 0.3 is 0 Å². The summed E-state index contributed by atoms with van der Waals surface area (Å²) in [5.74, 6) is -2.27. The van der Waals surface area contributed by atoms with E-state index in [1.807, 2.05) is 0 Å². The molecule has 1 aliphatic carbocycles. The maximum Gasteiger partial charge on any atom is 0.295 e. The van der Waals surface area contributed by atoms with Gasteiger partial charge in [-0.25, -0.2) is 4.90 Å². The molecule has 0 fully saturated rings. The van der Waals surface area contributed by atoms with Crippen LogP contribution in [-0.2, 0) is 34.6 Å². The number of nitrogens with zero attached hydrogens (tertiary/aromatic N) is 1. The van der Waals surface area contributed by atoms with E-state index in [-0.39, 0.29) is 11.1 Å². The Bertz CT molecular complexity index is 1370. The Morgan fingerprint density at radius 1 is 1.00 bits per heavy atom. The Balaban J connectivity index is 2.12. The lowest BCUT2D eigenvalue weighted by atomic mass is 9.93. The number of allylic oxidation sites excluding steroid dienone is 3. The number of rotatable bonds is 6. The van der Waals surface area contributed by atoms with Crippen molar-refractivity contribution in [2.24, 2.45) is 0 Å². The van der Waals surface area contributed by atoms with E-state index in [0.29, 0.717) is 4.90 Å². The van der Waals surface area contributed by atoms with Crippen LogP contribution in [-0.4, -0.2) is 54.2 Å². The number of hydrogen-bond donors (Lipinski definition) is 3. The van der Waals surface area contributed by atoms with Crippen LogP contribution < -0.4 is 5.32 Å². The fraction of sp³-hybridized carbons (Fsp3) is 0.150. The number of imide groups is 1. The van der Waals surface area contributed by atoms with Gasteiger partial charge in [0.25, 0.3) is 32.1 Å². The Kier molecular flexibility index (Phi) is 6.26. The second-order valence-electron chi connectivity index (χ2n) is 7.16. The SMILES string of the molecule is CC(=O)NC1(N2C(=O)C=CC2=O)C=CC(C=Cc2ccccc2S(=O)(=O)O)=C(S(=O)(=O)O)C1. The predicted molar refractivity (Wildman–Crippen MR) is 115 cm³/mol. The van der Waals surface area contributed by atoms with Gasteiger partial charge in [0.1, 0.15) is 10.6 Å². The zero-order chi connectivity index (χ0) is 24.6. The topological polar surface area (TPSA) is 175 Å². The molecule has 0 aromatic heterocycles. The second kappa shape index (κ2) is 8.51. The quantitative estimate of drug-likeness (QED) is 0.381. The lowest BCUT2D eigenvalue weighted by molar-refractivity contribution is -0.144. The Labute approximate surface area is 189 Å². The lowest BCUT2D eigenvalue weighted by Gasteiger charge is -2.40. The smallest absolute Gasteiger partial charge is 0.295 e. The molecule has 1 unspecified atom stereocenters. The van der Waals surface area contributed by atoms with Gasteiger partial charge in [-0.3, -0.25) is 23.5 Å². The van der Waals surface area contributed by atoms with Crippen LogP contribution >= 0.6 is 0 Å². The molecule has 1 aliphatic heterocycles. The van der Waals surface area contributed by atoms with Crippen molar-refractivity contribution < 1.29 is 40.3 Å². The summed E-state index contributed by atoms with van der Waals surface area (Å²) in [4.78, 5) is 35.9. The number of carbonyl (C=O) groups is 3. The van der Waals surface area contributed by atoms with E-state index < -0.39 is 59.8 Å². The fourth-order valence-electron chi connectivity index (χ4n) is 3.54. The number of nitrogens with one attached hydrogen (secondary N) is 1. The first kappa shape index (κ1) is 24.3. The molecule has 0 saturated carbocycles. The molecule has 3 rings (SSSR count). The lowest BCUT2D eigenvalue weighted by Crippen LogP contribution is -2.62. The van der Waals surface area contributed by atoms with E-state index in [4.69, 9.17) is 0 Å². The molecule has 13 heteroatoms. The molecule has 174 valence electrons. The molecular formula is C20H18N2O9S2. The van der Waals surface area contributed by atoms with Gasteiger partial charge in [-0.05, 0) is 23.3 Å². The molecule has 2 aliphatic rings. The molecule has 0 bridgehead atoms. The molecule has 1 aromatic carbocycles. The van der Waals surface area contributed by atoms with Gasteiger partial charge in [-0.2, -0.15) is 16.8 Å². The van der Waals surface area contributed by atoms with Crippen molar-refractivity contribution in [1.29, 1.82) is 0 Å². The summed E-state index contributed by atoms with van der Waals surface area (Å²) in [7, 11) is -9.47. The van der Waals surface area contributed by atoms with Crippen LogP contribution in [0.5, 0.6) is 0 Å². The van der Waals surface area contributed by atoms with Crippen molar-refractivity contribution in [3.05, 3.63) is 70.7 Å². The van der Waals surface area contributed by atoms with E-state index in [1.165, 1.54) is 36.4 Å². The predicted octanol–water partition coefficient (Wildman–Crippen LogP) is 0.806. The van der Waals surface area contributed by atoms with Crippen LogP contribution in [0.1, 0.15) is 18.9 Å². The number of hydrogen-bond acceptors (Lipinski definition) is 7. The van der Waals surface area contributed by atoms with Gasteiger partial charge in [-0.15, -0.1) is 0 Å². The fourth-order valence-corrected chi connectivity index (χ4v) is 5.06. The molecule has 0 radical (unpaired) electrons. The van der Waals surface area contributed by atoms with Crippen molar-refractivity contribution in [2.45, 2.75) is 23.9 Å². The summed E-state index contributed by atoms with van der Waals surface area (Å²) in [6.45, 7) is 1.10. The highest BCUT2D eigenvalue weighted by molar-refractivity contribution is 7.89. The van der Waals surface area contributed by atoms with Crippen LogP contribution in [0.25, 0.3) is 6.08 Å². The van der Waals surface area contributed by atoms with Gasteiger partial charge in [0.2, 0.25) is 5.91 Å². The van der Waals surface area contributed by atoms with Gasteiger partial charge in [0.15, 0.2) is 0 Å². The average molecular weight is 495 g/mol. The molecule has 1 heterocycles. The highest BCUT2D eigenvalue weighted by atomic mass is 32.2. The van der Waals surface area contributed by atoms with Crippen LogP contribution in [0.4, 0.5) is 0 Å². The van der Waals surface area contributed by atoms with Crippen molar-refractivity contribution in [3.8, 4) is 0 Å². The monoisotopic (exact) mass is 494 g/mol. The van der Waals surface area contributed by atoms with Gasteiger partial charge in [0.05, 0.1) is 4.91 Å². The average Bonchev–Trinajstić information content (AvgIpc) is 3.04. The summed E-state index contributed by atoms with van der Waals surface area (Å²) < 4.78 is 66.7. The minimum Gasteiger partial charge on any atom is -0.329 e. The zero-order valence-corrected chi connectivity index (χ0v) is 18.6. The molecule has 0 spiro atoms. The number of benzene rings is 1. The maximum atomic E-state index is 12.3. The first-order chi connectivity index (χ1) is 15.2. The molecule has 1 atom stereocenters. The highest BCUT2D eigenvalue weighted by Crippen LogP contribution is 2.35. The third-order valence-electron chi connectivity index (χ3n) is 4.84. The summed E-state index contributed by atoms with van der Waals surface area (Å²) >= 11 is 0. The second-order valence-corrected chi connectivity index (χ2v) is 9.99. The minimum atomic E-state index is -4.90. The van der Waals surface area contributed by atoms with Gasteiger partial charge in [0, 0.05) is 25.5 Å². The Morgan fingerprint density at radius 2 is 1.61 bits per heavy atom. The molecule has 1 aromatic rings. The third-order valence-corrected chi connectivity index (χ3v) is 6.77. The van der Waals surface area contributed by atoms with Gasteiger partial charge < -0.3 is 5.32 Å². The molecule has 0 saturated heterocycles. The zero-order valence-electron chi connectivity index (χ0n) is 17.0. The molecule has 3 amide bonds. The van der Waals surface area contributed by atoms with Crippen LogP contribution in [0.3, 0.4) is 0 Å². The first-order valence-corrected chi connectivity index (χ1v) is 12.1. The summed E-state index contributed by atoms with van der Waals surface area (Å²) in [5.41, 5.74) is -1.97. The molecule has 33 heavy (non-hydrogen) atoms. The van der Waals surface area contributed by atoms with Crippen molar-refractivity contribution in [2.75, 3.05) is 0 Å². The van der Waals surface area contributed by atoms with Crippen molar-refractivity contribution in [3.63, 3.8) is 0 Å². The molecule has 3 N–H and O–H groups in total. The van der Waals surface area contributed by atoms with Crippen molar-refractivity contribution in [1.82, 2.24) is 10.2 Å². The maximum absolute atomic E-state index is 12.3. The number of carbonyl (C=O) groups excluding carboxylic acids is 3. The third kappa shape index (κ3) is 5.01. The summed E-state index contributed by atoms with van der Waals surface area (Å²) in [6.07, 6.45) is 5.99. The molecular weight excluding hydrogens is 476 g/mol. The van der Waals surface area contributed by atoms with E-state index in [0.717, 1.165) is 31.2 Å². The van der Waals surface area contributed by atoms with E-state index in [9.17, 15) is 40.3 Å².